The standard InChI is InChI=1S/C8H5BrClNO2/c9-7-6(1-2-12-7)8-11-5(3-10)4-13-8/h1-2,4H,3H2. The van der Waals surface area contributed by atoms with Gasteiger partial charge in [-0.25, -0.2) is 4.98 Å². The fourth-order valence-electron chi connectivity index (χ4n) is 0.938. The van der Waals surface area contributed by atoms with Crippen molar-refractivity contribution in [3.05, 3.63) is 29.0 Å². The molecule has 5 heteroatoms. The molecule has 0 saturated heterocycles. The molecule has 0 amide bonds. The molecule has 0 aliphatic heterocycles. The van der Waals surface area contributed by atoms with Crippen LogP contribution in [0, 0.1) is 0 Å². The number of furan rings is 1. The Labute approximate surface area is 87.8 Å². The van der Waals surface area contributed by atoms with E-state index < -0.39 is 0 Å². The van der Waals surface area contributed by atoms with E-state index in [0.29, 0.717) is 22.1 Å². The van der Waals surface area contributed by atoms with Crippen molar-refractivity contribution in [1.29, 1.82) is 0 Å². The van der Waals surface area contributed by atoms with Gasteiger partial charge in [0.2, 0.25) is 5.89 Å². The molecule has 0 unspecified atom stereocenters. The Morgan fingerprint density at radius 2 is 2.31 bits per heavy atom. The van der Waals surface area contributed by atoms with Gasteiger partial charge < -0.3 is 8.83 Å². The third kappa shape index (κ3) is 1.64. The minimum atomic E-state index is 0.346. The Hall–Kier alpha value is -0.740. The number of aromatic nitrogens is 1. The summed E-state index contributed by atoms with van der Waals surface area (Å²) in [6.45, 7) is 0. The van der Waals surface area contributed by atoms with Gasteiger partial charge in [0.15, 0.2) is 4.67 Å². The van der Waals surface area contributed by atoms with Crippen LogP contribution >= 0.6 is 27.5 Å². The zero-order chi connectivity index (χ0) is 9.26. The van der Waals surface area contributed by atoms with Crippen molar-refractivity contribution in [2.24, 2.45) is 0 Å². The Morgan fingerprint density at radius 3 is 2.85 bits per heavy atom. The van der Waals surface area contributed by atoms with Crippen LogP contribution in [0.25, 0.3) is 11.5 Å². The topological polar surface area (TPSA) is 39.2 Å². The van der Waals surface area contributed by atoms with Gasteiger partial charge >= 0.3 is 0 Å². The van der Waals surface area contributed by atoms with Crippen LogP contribution in [0.1, 0.15) is 5.69 Å². The van der Waals surface area contributed by atoms with E-state index >= 15 is 0 Å². The molecule has 2 aromatic heterocycles. The first kappa shape index (κ1) is 8.84. The summed E-state index contributed by atoms with van der Waals surface area (Å²) in [5.41, 5.74) is 1.50. The highest BCUT2D eigenvalue weighted by Gasteiger charge is 2.11. The average Bonchev–Trinajstić information content (AvgIpc) is 2.71. The average molecular weight is 262 g/mol. The zero-order valence-corrected chi connectivity index (χ0v) is 8.80. The lowest BCUT2D eigenvalue weighted by Crippen LogP contribution is -1.77. The molecule has 0 atom stereocenters. The molecule has 0 aliphatic rings. The maximum absolute atomic E-state index is 5.58. The van der Waals surface area contributed by atoms with Gasteiger partial charge in [0.1, 0.15) is 6.26 Å². The minimum Gasteiger partial charge on any atom is -0.457 e. The second kappa shape index (κ2) is 3.55. The number of oxazole rings is 1. The highest BCUT2D eigenvalue weighted by molar-refractivity contribution is 9.10. The first-order valence-corrected chi connectivity index (χ1v) is 4.87. The lowest BCUT2D eigenvalue weighted by Gasteiger charge is -1.87. The number of hydrogen-bond donors (Lipinski definition) is 0. The van der Waals surface area contributed by atoms with Gasteiger partial charge in [0.25, 0.3) is 0 Å². The maximum atomic E-state index is 5.58. The highest BCUT2D eigenvalue weighted by atomic mass is 79.9. The largest absolute Gasteiger partial charge is 0.457 e. The van der Waals surface area contributed by atoms with Crippen LogP contribution in [0.15, 0.2) is 32.1 Å². The lowest BCUT2D eigenvalue weighted by molar-refractivity contribution is 0.535. The molecule has 0 spiro atoms. The quantitative estimate of drug-likeness (QED) is 0.778. The van der Waals surface area contributed by atoms with Gasteiger partial charge in [-0.2, -0.15) is 0 Å². The summed E-state index contributed by atoms with van der Waals surface area (Å²) in [5, 5.41) is 0. The van der Waals surface area contributed by atoms with Crippen molar-refractivity contribution in [2.45, 2.75) is 5.88 Å². The Kier molecular flexibility index (Phi) is 2.42. The third-order valence-corrected chi connectivity index (χ3v) is 2.42. The molecular formula is C8H5BrClNO2. The molecule has 0 N–H and O–H groups in total. The smallest absolute Gasteiger partial charge is 0.230 e. The molecular weight excluding hydrogens is 257 g/mol. The number of nitrogens with zero attached hydrogens (tertiary/aromatic N) is 1. The van der Waals surface area contributed by atoms with Crippen LogP contribution in [-0.2, 0) is 5.88 Å². The summed E-state index contributed by atoms with van der Waals surface area (Å²) in [4.78, 5) is 4.14. The second-order valence-corrected chi connectivity index (χ2v) is 3.37. The van der Waals surface area contributed by atoms with Gasteiger partial charge in [-0.3, -0.25) is 0 Å². The van der Waals surface area contributed by atoms with E-state index in [1.54, 1.807) is 12.3 Å². The van der Waals surface area contributed by atoms with Gasteiger partial charge in [-0.05, 0) is 22.0 Å². The summed E-state index contributed by atoms with van der Waals surface area (Å²) in [7, 11) is 0. The van der Waals surface area contributed by atoms with E-state index in [1.807, 2.05) is 0 Å². The molecule has 2 aromatic rings. The molecule has 2 rings (SSSR count). The van der Waals surface area contributed by atoms with Crippen LogP contribution in [0.5, 0.6) is 0 Å². The van der Waals surface area contributed by atoms with Gasteiger partial charge in [0, 0.05) is 0 Å². The molecule has 0 bridgehead atoms. The van der Waals surface area contributed by atoms with Gasteiger partial charge in [-0.15, -0.1) is 11.6 Å². The number of alkyl halides is 1. The van der Waals surface area contributed by atoms with Crippen LogP contribution in [0.3, 0.4) is 0 Å². The van der Waals surface area contributed by atoms with E-state index in [-0.39, 0.29) is 0 Å². The third-order valence-electron chi connectivity index (χ3n) is 1.54. The summed E-state index contributed by atoms with van der Waals surface area (Å²) in [6, 6.07) is 1.77. The Bertz CT molecular complexity index is 410. The van der Waals surface area contributed by atoms with Crippen molar-refractivity contribution in [3.8, 4) is 11.5 Å². The van der Waals surface area contributed by atoms with Gasteiger partial charge in [0.05, 0.1) is 23.4 Å². The molecule has 2 heterocycles. The SMILES string of the molecule is ClCc1coc(-c2ccoc2Br)n1. The fourth-order valence-corrected chi connectivity index (χ4v) is 1.47. The van der Waals surface area contributed by atoms with Crippen LogP contribution in [0.2, 0.25) is 0 Å². The zero-order valence-electron chi connectivity index (χ0n) is 6.46. The highest BCUT2D eigenvalue weighted by Crippen LogP contribution is 2.28. The molecule has 3 nitrogen and oxygen atoms in total. The normalized spacial score (nSPS) is 10.6. The van der Waals surface area contributed by atoms with Crippen LogP contribution in [0.4, 0.5) is 0 Å². The summed E-state index contributed by atoms with van der Waals surface area (Å²) < 4.78 is 10.8. The number of rotatable bonds is 2. The molecule has 0 radical (unpaired) electrons. The monoisotopic (exact) mass is 261 g/mol. The van der Waals surface area contributed by atoms with Crippen LogP contribution in [-0.4, -0.2) is 4.98 Å². The van der Waals surface area contributed by atoms with Crippen LogP contribution < -0.4 is 0 Å². The predicted molar refractivity (Wildman–Crippen MR) is 51.5 cm³/mol. The minimum absolute atomic E-state index is 0.346. The number of halogens is 2. The Morgan fingerprint density at radius 1 is 1.46 bits per heavy atom. The van der Waals surface area contributed by atoms with Crippen molar-refractivity contribution < 1.29 is 8.83 Å². The molecule has 68 valence electrons. The molecule has 0 saturated carbocycles. The summed E-state index contributed by atoms with van der Waals surface area (Å²) in [6.07, 6.45) is 3.09. The van der Waals surface area contributed by atoms with Crippen molar-refractivity contribution >= 4 is 27.5 Å². The lowest BCUT2D eigenvalue weighted by atomic mass is 10.3. The summed E-state index contributed by atoms with van der Waals surface area (Å²) >= 11 is 8.82. The van der Waals surface area contributed by atoms with Gasteiger partial charge in [-0.1, -0.05) is 0 Å². The van der Waals surface area contributed by atoms with E-state index in [9.17, 15) is 0 Å². The predicted octanol–water partition coefficient (Wildman–Crippen LogP) is 3.44. The van der Waals surface area contributed by atoms with Crippen molar-refractivity contribution in [1.82, 2.24) is 4.98 Å². The molecule has 0 fully saturated rings. The van der Waals surface area contributed by atoms with E-state index in [4.69, 9.17) is 20.4 Å². The number of hydrogen-bond acceptors (Lipinski definition) is 3. The Balaban J connectivity index is 2.41. The van der Waals surface area contributed by atoms with E-state index in [1.165, 1.54) is 6.26 Å². The van der Waals surface area contributed by atoms with E-state index in [2.05, 4.69) is 20.9 Å². The second-order valence-electron chi connectivity index (χ2n) is 2.39. The fraction of sp³-hybridized carbons (Fsp3) is 0.125. The molecule has 13 heavy (non-hydrogen) atoms. The van der Waals surface area contributed by atoms with Crippen molar-refractivity contribution in [2.75, 3.05) is 0 Å². The van der Waals surface area contributed by atoms with E-state index in [0.717, 1.165) is 5.56 Å². The summed E-state index contributed by atoms with van der Waals surface area (Å²) in [5.74, 6) is 0.857. The van der Waals surface area contributed by atoms with Crippen molar-refractivity contribution in [3.63, 3.8) is 0 Å². The molecule has 0 aromatic carbocycles. The molecule has 0 aliphatic carbocycles. The first-order valence-electron chi connectivity index (χ1n) is 3.55. The first-order chi connectivity index (χ1) is 6.31. The maximum Gasteiger partial charge on any atom is 0.230 e.